The normalized spacial score (nSPS) is 16.8. The lowest BCUT2D eigenvalue weighted by Gasteiger charge is -2.33. The van der Waals surface area contributed by atoms with Crippen LogP contribution in [0.4, 0.5) is 0 Å². The van der Waals surface area contributed by atoms with Crippen molar-refractivity contribution in [3.63, 3.8) is 0 Å². The van der Waals surface area contributed by atoms with Gasteiger partial charge in [-0.1, -0.05) is 11.6 Å². The van der Waals surface area contributed by atoms with Crippen LogP contribution in [0.1, 0.15) is 33.9 Å². The highest BCUT2D eigenvalue weighted by Crippen LogP contribution is 2.32. The fourth-order valence-corrected chi connectivity index (χ4v) is 3.85. The van der Waals surface area contributed by atoms with E-state index in [9.17, 15) is 9.59 Å². The number of carbonyl (C=O) groups excluding carboxylic acids is 2. The Kier molecular flexibility index (Phi) is 4.63. The maximum atomic E-state index is 12.4. The highest BCUT2D eigenvalue weighted by atomic mass is 35.5. The van der Waals surface area contributed by atoms with E-state index >= 15 is 0 Å². The van der Waals surface area contributed by atoms with Gasteiger partial charge in [-0.25, -0.2) is 0 Å². The molecule has 0 radical (unpaired) electrons. The number of aromatic nitrogens is 1. The number of rotatable bonds is 3. The van der Waals surface area contributed by atoms with Crippen molar-refractivity contribution >= 4 is 34.8 Å². The molecule has 120 valence electrons. The number of pyridine rings is 1. The average molecular weight is 350 g/mol. The molecule has 5 nitrogen and oxygen atoms in total. The molecule has 0 fully saturated rings. The van der Waals surface area contributed by atoms with Crippen molar-refractivity contribution in [2.75, 3.05) is 13.1 Å². The number of halogens is 1. The number of nitrogens with one attached hydrogen (secondary N) is 1. The van der Waals surface area contributed by atoms with Crippen molar-refractivity contribution in [3.05, 3.63) is 50.9 Å². The van der Waals surface area contributed by atoms with Crippen LogP contribution in [0.25, 0.3) is 0 Å². The molecule has 1 atom stereocenters. The lowest BCUT2D eigenvalue weighted by molar-refractivity contribution is -0.132. The first-order valence-electron chi connectivity index (χ1n) is 7.31. The third kappa shape index (κ3) is 3.38. The van der Waals surface area contributed by atoms with Gasteiger partial charge in [0.1, 0.15) is 5.69 Å². The largest absolute Gasteiger partial charge is 0.342 e. The molecule has 2 aromatic rings. The van der Waals surface area contributed by atoms with Gasteiger partial charge in [-0.15, -0.1) is 11.3 Å². The van der Waals surface area contributed by atoms with Gasteiger partial charge in [-0.05, 0) is 42.5 Å². The summed E-state index contributed by atoms with van der Waals surface area (Å²) in [5.41, 5.74) is 1.41. The smallest absolute Gasteiger partial charge is 0.270 e. The topological polar surface area (TPSA) is 62.3 Å². The molecule has 23 heavy (non-hydrogen) atoms. The monoisotopic (exact) mass is 349 g/mol. The Hall–Kier alpha value is -1.92. The van der Waals surface area contributed by atoms with Gasteiger partial charge in [-0.2, -0.15) is 0 Å². The number of hydrogen-bond acceptors (Lipinski definition) is 4. The second-order valence-corrected chi connectivity index (χ2v) is 6.79. The molecule has 1 N–H and O–H groups in total. The highest BCUT2D eigenvalue weighted by Gasteiger charge is 2.28. The maximum absolute atomic E-state index is 12.4. The lowest BCUT2D eigenvalue weighted by atomic mass is 10.0. The Morgan fingerprint density at radius 3 is 3.09 bits per heavy atom. The van der Waals surface area contributed by atoms with E-state index in [4.69, 9.17) is 11.6 Å². The van der Waals surface area contributed by atoms with Crippen molar-refractivity contribution in [3.8, 4) is 0 Å². The van der Waals surface area contributed by atoms with Gasteiger partial charge < -0.3 is 10.2 Å². The van der Waals surface area contributed by atoms with E-state index in [1.807, 2.05) is 6.92 Å². The van der Waals surface area contributed by atoms with Crippen molar-refractivity contribution in [2.45, 2.75) is 19.4 Å². The molecule has 0 unspecified atom stereocenters. The highest BCUT2D eigenvalue weighted by molar-refractivity contribution is 7.10. The zero-order valence-corrected chi connectivity index (χ0v) is 14.2. The van der Waals surface area contributed by atoms with E-state index in [1.54, 1.807) is 22.3 Å². The summed E-state index contributed by atoms with van der Waals surface area (Å²) in [6.07, 6.45) is 2.33. The second-order valence-electron chi connectivity index (χ2n) is 5.35. The molecule has 1 aliphatic rings. The van der Waals surface area contributed by atoms with Gasteiger partial charge >= 0.3 is 0 Å². The zero-order valence-electron chi connectivity index (χ0n) is 12.6. The maximum Gasteiger partial charge on any atom is 0.270 e. The van der Waals surface area contributed by atoms with E-state index in [-0.39, 0.29) is 24.2 Å². The number of fused-ring (bicyclic) bond motifs is 1. The van der Waals surface area contributed by atoms with Crippen molar-refractivity contribution in [2.24, 2.45) is 0 Å². The van der Waals surface area contributed by atoms with Crippen LogP contribution in [0.15, 0.2) is 29.8 Å². The molecular formula is C16H16ClN3O2S. The number of nitrogens with zero attached hydrogens (tertiary/aromatic N) is 2. The summed E-state index contributed by atoms with van der Waals surface area (Å²) in [5.74, 6) is -0.494. The number of amides is 2. The number of thiophene rings is 1. The van der Waals surface area contributed by atoms with Crippen LogP contribution in [-0.4, -0.2) is 34.8 Å². The van der Waals surface area contributed by atoms with Crippen LogP contribution in [0.2, 0.25) is 5.02 Å². The van der Waals surface area contributed by atoms with E-state index in [0.29, 0.717) is 11.6 Å². The summed E-state index contributed by atoms with van der Waals surface area (Å²) < 4.78 is 0. The standard InChI is InChI=1S/C16H16ClN3O2S/c1-10-12-4-7-23-14(12)3-6-20(10)15(21)9-19-16(22)13-8-11(17)2-5-18-13/h2,4-5,7-8,10H,3,6,9H2,1H3,(H,19,22)/t10-/m0/s1. The van der Waals surface area contributed by atoms with Crippen LogP contribution in [-0.2, 0) is 11.2 Å². The minimum absolute atomic E-state index is 0.0405. The molecule has 2 aromatic heterocycles. The molecule has 1 aliphatic heterocycles. The first-order chi connectivity index (χ1) is 11.1. The van der Waals surface area contributed by atoms with Crippen LogP contribution in [0, 0.1) is 0 Å². The van der Waals surface area contributed by atoms with Gasteiger partial charge in [0.05, 0.1) is 12.6 Å². The second kappa shape index (κ2) is 6.68. The van der Waals surface area contributed by atoms with Crippen molar-refractivity contribution in [1.82, 2.24) is 15.2 Å². The molecule has 0 spiro atoms. The Morgan fingerprint density at radius 2 is 2.30 bits per heavy atom. The van der Waals surface area contributed by atoms with Gasteiger partial charge in [0.15, 0.2) is 0 Å². The number of carbonyl (C=O) groups is 2. The van der Waals surface area contributed by atoms with Crippen molar-refractivity contribution in [1.29, 1.82) is 0 Å². The fourth-order valence-electron chi connectivity index (χ4n) is 2.73. The van der Waals surface area contributed by atoms with Gasteiger partial charge in [0.25, 0.3) is 5.91 Å². The number of hydrogen-bond donors (Lipinski definition) is 1. The summed E-state index contributed by atoms with van der Waals surface area (Å²) in [6.45, 7) is 2.65. The Bertz CT molecular complexity index is 746. The van der Waals surface area contributed by atoms with Crippen LogP contribution in [0.5, 0.6) is 0 Å². The van der Waals surface area contributed by atoms with Gasteiger partial charge in [-0.3, -0.25) is 14.6 Å². The zero-order chi connectivity index (χ0) is 16.4. The molecule has 0 saturated heterocycles. The quantitative estimate of drug-likeness (QED) is 0.926. The molecule has 7 heteroatoms. The molecular weight excluding hydrogens is 334 g/mol. The van der Waals surface area contributed by atoms with E-state index < -0.39 is 5.91 Å². The third-order valence-corrected chi connectivity index (χ3v) is 5.18. The van der Waals surface area contributed by atoms with Crippen LogP contribution >= 0.6 is 22.9 Å². The molecule has 0 saturated carbocycles. The summed E-state index contributed by atoms with van der Waals surface area (Å²) in [4.78, 5) is 31.5. The van der Waals surface area contributed by atoms with Gasteiger partial charge in [0.2, 0.25) is 5.91 Å². The lowest BCUT2D eigenvalue weighted by Crippen LogP contribution is -2.44. The third-order valence-electron chi connectivity index (χ3n) is 3.95. The van der Waals surface area contributed by atoms with Crippen LogP contribution < -0.4 is 5.32 Å². The summed E-state index contributed by atoms with van der Waals surface area (Å²) in [7, 11) is 0. The SMILES string of the molecule is C[C@H]1c2ccsc2CCN1C(=O)CNC(=O)c1cc(Cl)ccn1. The van der Waals surface area contributed by atoms with Crippen molar-refractivity contribution < 1.29 is 9.59 Å². The summed E-state index contributed by atoms with van der Waals surface area (Å²) in [6, 6.07) is 5.18. The first-order valence-corrected chi connectivity index (χ1v) is 8.57. The van der Waals surface area contributed by atoms with Gasteiger partial charge in [0, 0.05) is 22.6 Å². The fraction of sp³-hybridized carbons (Fsp3) is 0.312. The van der Waals surface area contributed by atoms with E-state index in [2.05, 4.69) is 21.7 Å². The molecule has 0 bridgehead atoms. The summed E-state index contributed by atoms with van der Waals surface area (Å²) >= 11 is 7.57. The molecule has 3 heterocycles. The van der Waals surface area contributed by atoms with E-state index in [1.165, 1.54) is 22.7 Å². The molecule has 3 rings (SSSR count). The summed E-state index contributed by atoms with van der Waals surface area (Å²) in [5, 5.41) is 5.11. The predicted octanol–water partition coefficient (Wildman–Crippen LogP) is 2.67. The minimum Gasteiger partial charge on any atom is -0.342 e. The van der Waals surface area contributed by atoms with E-state index in [0.717, 1.165) is 6.42 Å². The van der Waals surface area contributed by atoms with Crippen LogP contribution in [0.3, 0.4) is 0 Å². The Morgan fingerprint density at radius 1 is 1.48 bits per heavy atom. The molecule has 2 amide bonds. The Balaban J connectivity index is 1.61. The molecule has 0 aliphatic carbocycles. The molecule has 0 aromatic carbocycles. The minimum atomic E-state index is -0.401. The predicted molar refractivity (Wildman–Crippen MR) is 89.7 cm³/mol. The average Bonchev–Trinajstić information content (AvgIpc) is 3.02. The first kappa shape index (κ1) is 16.0. The Labute approximate surface area is 143 Å².